The quantitative estimate of drug-likeness (QED) is 0.395. The standard InChI is InChI=1S/C22H31N7O.2C2HF3O2/c1-17(2)28-14-18(12-23-28)13-26-7-3-4-19(15-26)22-24-21-6-5-20(16-29(21)25-22)27-8-10-30-11-9-27;2*3-2(4,5)1(6)7/h5-6,12,14,16-17,19H,3-4,7-11,13,15H2,1-2H3;2*(H,6,7). The number of alkyl halides is 6. The maximum Gasteiger partial charge on any atom is 0.490 e. The van der Waals surface area contributed by atoms with Crippen molar-refractivity contribution in [1.29, 1.82) is 0 Å². The van der Waals surface area contributed by atoms with Gasteiger partial charge in [-0.25, -0.2) is 19.1 Å². The number of likely N-dealkylation sites (tertiary alicyclic amines) is 1. The molecule has 3 aromatic heterocycles. The predicted octanol–water partition coefficient (Wildman–Crippen LogP) is 3.99. The summed E-state index contributed by atoms with van der Waals surface area (Å²) in [6, 6.07) is 4.64. The van der Waals surface area contributed by atoms with E-state index in [0.717, 1.165) is 63.8 Å². The van der Waals surface area contributed by atoms with Crippen LogP contribution in [0.1, 0.15) is 50.0 Å². The van der Waals surface area contributed by atoms with Crippen molar-refractivity contribution in [3.05, 3.63) is 42.1 Å². The number of hydrogen-bond donors (Lipinski definition) is 2. The summed E-state index contributed by atoms with van der Waals surface area (Å²) in [5.74, 6) is -4.16. The fraction of sp³-hybridized carbons (Fsp3) is 0.577. The Morgan fingerprint density at radius 1 is 1.00 bits per heavy atom. The molecule has 0 radical (unpaired) electrons. The Kier molecular flexibility index (Phi) is 11.5. The molecule has 1 atom stereocenters. The van der Waals surface area contributed by atoms with Crippen molar-refractivity contribution in [2.24, 2.45) is 0 Å². The molecule has 0 amide bonds. The van der Waals surface area contributed by atoms with Crippen molar-refractivity contribution in [3.63, 3.8) is 0 Å². The van der Waals surface area contributed by atoms with Crippen molar-refractivity contribution in [3.8, 4) is 0 Å². The van der Waals surface area contributed by atoms with E-state index in [0.29, 0.717) is 12.0 Å². The molecule has 244 valence electrons. The lowest BCUT2D eigenvalue weighted by Gasteiger charge is -2.31. The lowest BCUT2D eigenvalue weighted by atomic mass is 9.97. The number of aromatic nitrogens is 5. The zero-order valence-corrected chi connectivity index (χ0v) is 23.9. The Hall–Kier alpha value is -3.93. The lowest BCUT2D eigenvalue weighted by Crippen LogP contribution is -2.36. The summed E-state index contributed by atoms with van der Waals surface area (Å²) in [5, 5.41) is 23.6. The highest BCUT2D eigenvalue weighted by atomic mass is 19.4. The van der Waals surface area contributed by atoms with E-state index >= 15 is 0 Å². The minimum Gasteiger partial charge on any atom is -0.475 e. The van der Waals surface area contributed by atoms with Gasteiger partial charge in [0.25, 0.3) is 0 Å². The van der Waals surface area contributed by atoms with E-state index in [1.54, 1.807) is 0 Å². The molecule has 0 spiro atoms. The van der Waals surface area contributed by atoms with Crippen LogP contribution in [0.15, 0.2) is 30.7 Å². The molecule has 5 rings (SSSR count). The van der Waals surface area contributed by atoms with Crippen LogP contribution in [0.3, 0.4) is 0 Å². The summed E-state index contributed by atoms with van der Waals surface area (Å²) in [7, 11) is 0. The van der Waals surface area contributed by atoms with Gasteiger partial charge in [0.05, 0.1) is 31.3 Å². The van der Waals surface area contributed by atoms with Gasteiger partial charge in [0.1, 0.15) is 0 Å². The molecule has 2 fully saturated rings. The monoisotopic (exact) mass is 637 g/mol. The molecule has 0 saturated carbocycles. The van der Waals surface area contributed by atoms with E-state index in [1.807, 2.05) is 15.4 Å². The van der Waals surface area contributed by atoms with Crippen LogP contribution in [0.2, 0.25) is 0 Å². The van der Waals surface area contributed by atoms with Gasteiger partial charge in [0.2, 0.25) is 0 Å². The van der Waals surface area contributed by atoms with Crippen LogP contribution in [-0.2, 0) is 20.9 Å². The number of nitrogens with zero attached hydrogens (tertiary/aromatic N) is 7. The van der Waals surface area contributed by atoms with Crippen LogP contribution >= 0.6 is 0 Å². The van der Waals surface area contributed by atoms with E-state index in [2.05, 4.69) is 53.3 Å². The molecule has 0 aliphatic carbocycles. The van der Waals surface area contributed by atoms with Crippen LogP contribution in [-0.4, -0.2) is 103 Å². The molecule has 2 N–H and O–H groups in total. The van der Waals surface area contributed by atoms with Gasteiger partial charge in [0.15, 0.2) is 11.5 Å². The Bertz CT molecular complexity index is 1360. The molecule has 12 nitrogen and oxygen atoms in total. The number of carboxylic acid groups (broad SMARTS) is 2. The van der Waals surface area contributed by atoms with Gasteiger partial charge in [-0.2, -0.15) is 36.5 Å². The molecule has 3 aromatic rings. The van der Waals surface area contributed by atoms with Crippen LogP contribution < -0.4 is 4.90 Å². The highest BCUT2D eigenvalue weighted by molar-refractivity contribution is 5.73. The van der Waals surface area contributed by atoms with Crippen molar-refractivity contribution < 1.29 is 50.9 Å². The minimum absolute atomic E-state index is 0.380. The third-order valence-corrected chi connectivity index (χ3v) is 6.65. The van der Waals surface area contributed by atoms with Crippen LogP contribution in [0.4, 0.5) is 32.0 Å². The number of carbonyl (C=O) groups is 2. The number of ether oxygens (including phenoxy) is 1. The first-order valence-corrected chi connectivity index (χ1v) is 13.6. The second-order valence-electron chi connectivity index (χ2n) is 10.4. The van der Waals surface area contributed by atoms with E-state index in [1.165, 1.54) is 17.7 Å². The number of piperidine rings is 1. The topological polar surface area (TPSA) is 138 Å². The molecule has 2 aliphatic rings. The highest BCUT2D eigenvalue weighted by Crippen LogP contribution is 2.27. The number of aliphatic carboxylic acids is 2. The second-order valence-corrected chi connectivity index (χ2v) is 10.4. The molecule has 1 unspecified atom stereocenters. The highest BCUT2D eigenvalue weighted by Gasteiger charge is 2.39. The molecule has 2 aliphatic heterocycles. The number of halogens is 6. The largest absolute Gasteiger partial charge is 0.490 e. The van der Waals surface area contributed by atoms with Crippen LogP contribution in [0.25, 0.3) is 5.65 Å². The molecule has 44 heavy (non-hydrogen) atoms. The van der Waals surface area contributed by atoms with E-state index < -0.39 is 24.3 Å². The number of anilines is 1. The molecule has 0 aromatic carbocycles. The molecule has 0 bridgehead atoms. The molecular weight excluding hydrogens is 604 g/mol. The van der Waals surface area contributed by atoms with Gasteiger partial charge < -0.3 is 19.8 Å². The van der Waals surface area contributed by atoms with Gasteiger partial charge >= 0.3 is 24.3 Å². The average Bonchev–Trinajstić information content (AvgIpc) is 3.60. The first-order chi connectivity index (χ1) is 20.5. The second kappa shape index (κ2) is 14.7. The third kappa shape index (κ3) is 10.1. The predicted molar refractivity (Wildman–Crippen MR) is 143 cm³/mol. The molecule has 2 saturated heterocycles. The number of morpholine rings is 1. The third-order valence-electron chi connectivity index (χ3n) is 6.65. The summed E-state index contributed by atoms with van der Waals surface area (Å²) in [5.41, 5.74) is 3.40. The van der Waals surface area contributed by atoms with Gasteiger partial charge in [-0.15, -0.1) is 0 Å². The summed E-state index contributed by atoms with van der Waals surface area (Å²) >= 11 is 0. The Balaban J connectivity index is 0.000000317. The number of rotatable bonds is 5. The fourth-order valence-corrected chi connectivity index (χ4v) is 4.48. The number of pyridine rings is 1. The van der Waals surface area contributed by atoms with E-state index in [4.69, 9.17) is 34.6 Å². The van der Waals surface area contributed by atoms with E-state index in [-0.39, 0.29) is 0 Å². The Morgan fingerprint density at radius 2 is 1.61 bits per heavy atom. The smallest absolute Gasteiger partial charge is 0.475 e. The number of hydrogen-bond acceptors (Lipinski definition) is 8. The van der Waals surface area contributed by atoms with Crippen molar-refractivity contribution in [2.45, 2.75) is 57.5 Å². The summed E-state index contributed by atoms with van der Waals surface area (Å²) in [6.07, 6.45) is -1.56. The Labute approximate surface area is 247 Å². The summed E-state index contributed by atoms with van der Waals surface area (Å²) in [6.45, 7) is 10.8. The van der Waals surface area contributed by atoms with Crippen molar-refractivity contribution in [2.75, 3.05) is 44.3 Å². The fourth-order valence-electron chi connectivity index (χ4n) is 4.48. The Morgan fingerprint density at radius 3 is 2.16 bits per heavy atom. The zero-order chi connectivity index (χ0) is 32.7. The lowest BCUT2D eigenvalue weighted by molar-refractivity contribution is -0.193. The number of fused-ring (bicyclic) bond motifs is 1. The van der Waals surface area contributed by atoms with Crippen LogP contribution in [0.5, 0.6) is 0 Å². The van der Waals surface area contributed by atoms with Crippen LogP contribution in [0, 0.1) is 0 Å². The average molecular weight is 638 g/mol. The molecule has 5 heterocycles. The number of carboxylic acids is 2. The van der Waals surface area contributed by atoms with Gasteiger partial charge in [-0.05, 0) is 45.4 Å². The first kappa shape index (κ1) is 34.6. The molecule has 18 heteroatoms. The van der Waals surface area contributed by atoms with Gasteiger partial charge in [-0.1, -0.05) is 0 Å². The molecular formula is C26H33F6N7O5. The van der Waals surface area contributed by atoms with Gasteiger partial charge in [0, 0.05) is 49.9 Å². The zero-order valence-electron chi connectivity index (χ0n) is 23.9. The normalized spacial score (nSPS) is 17.9. The SMILES string of the molecule is CC(C)n1cc(CN2CCCC(c3nc4ccc(N5CCOCC5)cn4n3)C2)cn1.O=C(O)C(F)(F)F.O=C(O)C(F)(F)F. The maximum absolute atomic E-state index is 10.6. The van der Waals surface area contributed by atoms with E-state index in [9.17, 15) is 26.3 Å². The van der Waals surface area contributed by atoms with Crippen molar-refractivity contribution in [1.82, 2.24) is 29.3 Å². The minimum atomic E-state index is -5.08. The van der Waals surface area contributed by atoms with Gasteiger partial charge in [-0.3, -0.25) is 9.58 Å². The maximum atomic E-state index is 10.6. The first-order valence-electron chi connectivity index (χ1n) is 13.6. The van der Waals surface area contributed by atoms with Crippen molar-refractivity contribution >= 4 is 23.3 Å². The summed E-state index contributed by atoms with van der Waals surface area (Å²) in [4.78, 5) is 27.5. The summed E-state index contributed by atoms with van der Waals surface area (Å²) < 4.78 is 72.9.